The van der Waals surface area contributed by atoms with E-state index in [2.05, 4.69) is 36.1 Å². The fourth-order valence-electron chi connectivity index (χ4n) is 5.60. The van der Waals surface area contributed by atoms with E-state index in [0.29, 0.717) is 61.6 Å². The molecule has 14 heteroatoms. The van der Waals surface area contributed by atoms with Crippen molar-refractivity contribution in [2.24, 2.45) is 4.99 Å². The van der Waals surface area contributed by atoms with Gasteiger partial charge < -0.3 is 30.6 Å². The number of hydrogen-bond acceptors (Lipinski definition) is 9. The number of alkyl carbamates (subject to hydrolysis) is 1. The fraction of sp³-hybridized carbons (Fsp3) is 0.395. The maximum absolute atomic E-state index is 13.1. The number of fused-ring (bicyclic) bond motifs is 1. The van der Waals surface area contributed by atoms with Crippen LogP contribution in [0.15, 0.2) is 70.1 Å². The predicted octanol–water partition coefficient (Wildman–Crippen LogP) is 5.44. The normalized spacial score (nSPS) is 12.8. The summed E-state index contributed by atoms with van der Waals surface area (Å²) in [6.07, 6.45) is 5.47. The number of aromatic nitrogens is 2. The van der Waals surface area contributed by atoms with Crippen LogP contribution in [0.4, 0.5) is 26.9 Å². The number of aliphatic imine (C=N–C) groups is 1. The van der Waals surface area contributed by atoms with E-state index in [-0.39, 0.29) is 29.9 Å². The molecule has 1 aromatic heterocycles. The minimum Gasteiger partial charge on any atom is -0.448 e. The highest BCUT2D eigenvalue weighted by molar-refractivity contribution is 6.27. The molecule has 2 aromatic carbocycles. The Morgan fingerprint density at radius 1 is 0.904 bits per heavy atom. The van der Waals surface area contributed by atoms with Crippen molar-refractivity contribution in [1.82, 2.24) is 25.9 Å². The number of aryl methyl sites for hydroxylation is 2. The number of allylic oxidation sites excluding steroid dienone is 2. The molecule has 0 atom stereocenters. The minimum absolute atomic E-state index is 0.102. The van der Waals surface area contributed by atoms with Gasteiger partial charge in [-0.2, -0.15) is 4.98 Å². The summed E-state index contributed by atoms with van der Waals surface area (Å²) in [4.78, 5) is 74.6. The molecule has 52 heavy (non-hydrogen) atoms. The highest BCUT2D eigenvalue weighted by atomic mass is 16.5. The summed E-state index contributed by atoms with van der Waals surface area (Å²) in [5.41, 5.74) is 4.83. The van der Waals surface area contributed by atoms with Gasteiger partial charge in [0.1, 0.15) is 6.61 Å². The molecule has 0 unspecified atom stereocenters. The van der Waals surface area contributed by atoms with Crippen molar-refractivity contribution < 1.29 is 23.9 Å². The van der Waals surface area contributed by atoms with Gasteiger partial charge in [-0.05, 0) is 69.9 Å². The lowest BCUT2D eigenvalue weighted by atomic mass is 9.92. The number of nitrogens with zero attached hydrogens (tertiary/aromatic N) is 3. The number of H-pyrrole nitrogens is 1. The second-order valence-electron chi connectivity index (χ2n) is 12.4. The first-order valence-corrected chi connectivity index (χ1v) is 17.7. The predicted molar refractivity (Wildman–Crippen MR) is 202 cm³/mol. The SMILES string of the molecule is CCCC(=O)NC1=C/C(=N\c2ccc(N(CC)CCOC(=O)NCCCCCCNC(=O)Nc3nc(=O)cc(C)[nH]3)cc2C)c2ccccc2C1=O. The number of benzene rings is 2. The van der Waals surface area contributed by atoms with Crippen LogP contribution in [0.5, 0.6) is 0 Å². The Hall–Kier alpha value is -5.79. The molecule has 0 spiro atoms. The molecule has 0 bridgehead atoms. The molecule has 0 saturated carbocycles. The van der Waals surface area contributed by atoms with E-state index < -0.39 is 17.7 Å². The van der Waals surface area contributed by atoms with Crippen LogP contribution in [-0.2, 0) is 9.53 Å². The number of carbonyl (C=O) groups is 4. The number of rotatable bonds is 17. The lowest BCUT2D eigenvalue weighted by Crippen LogP contribution is -2.31. The van der Waals surface area contributed by atoms with Crippen LogP contribution in [0.1, 0.15) is 79.6 Å². The average Bonchev–Trinajstić information content (AvgIpc) is 3.10. The maximum atomic E-state index is 13.1. The Morgan fingerprint density at radius 3 is 2.33 bits per heavy atom. The quantitative estimate of drug-likeness (QED) is 0.115. The van der Waals surface area contributed by atoms with E-state index in [4.69, 9.17) is 9.73 Å². The van der Waals surface area contributed by atoms with Crippen LogP contribution in [0.25, 0.3) is 0 Å². The van der Waals surface area contributed by atoms with E-state index in [0.717, 1.165) is 42.6 Å². The topological polar surface area (TPSA) is 187 Å². The average molecular weight is 713 g/mol. The van der Waals surface area contributed by atoms with Gasteiger partial charge in [0.2, 0.25) is 17.6 Å². The lowest BCUT2D eigenvalue weighted by Gasteiger charge is -2.24. The molecule has 0 radical (unpaired) electrons. The summed E-state index contributed by atoms with van der Waals surface area (Å²) < 4.78 is 5.42. The zero-order valence-corrected chi connectivity index (χ0v) is 30.3. The number of anilines is 2. The first kappa shape index (κ1) is 39.0. The molecule has 5 N–H and O–H groups in total. The van der Waals surface area contributed by atoms with Gasteiger partial charge in [-0.3, -0.25) is 19.7 Å². The molecule has 4 amide bonds. The highest BCUT2D eigenvalue weighted by Crippen LogP contribution is 2.28. The number of urea groups is 1. The third kappa shape index (κ3) is 11.6. The molecule has 276 valence electrons. The number of hydrogen-bond donors (Lipinski definition) is 5. The van der Waals surface area contributed by atoms with Crippen LogP contribution in [-0.4, -0.2) is 72.3 Å². The molecular weight excluding hydrogens is 664 g/mol. The monoisotopic (exact) mass is 712 g/mol. The summed E-state index contributed by atoms with van der Waals surface area (Å²) >= 11 is 0. The van der Waals surface area contributed by atoms with Gasteiger partial charge >= 0.3 is 12.1 Å². The minimum atomic E-state index is -0.468. The number of amides is 4. The number of ketones is 1. The molecular formula is C38H48N8O6. The van der Waals surface area contributed by atoms with Gasteiger partial charge in [-0.15, -0.1) is 0 Å². The molecule has 0 saturated heterocycles. The Morgan fingerprint density at radius 2 is 1.63 bits per heavy atom. The highest BCUT2D eigenvalue weighted by Gasteiger charge is 2.25. The summed E-state index contributed by atoms with van der Waals surface area (Å²) in [6, 6.07) is 14.1. The smallest absolute Gasteiger partial charge is 0.407 e. The zero-order valence-electron chi connectivity index (χ0n) is 30.3. The second-order valence-corrected chi connectivity index (χ2v) is 12.4. The van der Waals surface area contributed by atoms with Crippen LogP contribution in [0, 0.1) is 13.8 Å². The van der Waals surface area contributed by atoms with Crippen LogP contribution >= 0.6 is 0 Å². The van der Waals surface area contributed by atoms with Gasteiger partial charge in [-0.25, -0.2) is 14.6 Å². The molecule has 0 fully saturated rings. The first-order chi connectivity index (χ1) is 25.1. The molecule has 0 aliphatic heterocycles. The van der Waals surface area contributed by atoms with E-state index in [1.807, 2.05) is 51.1 Å². The molecule has 4 rings (SSSR count). The second kappa shape index (κ2) is 19.6. The van der Waals surface area contributed by atoms with Crippen molar-refractivity contribution in [3.05, 3.63) is 93.0 Å². The van der Waals surface area contributed by atoms with Crippen molar-refractivity contribution in [3.63, 3.8) is 0 Å². The number of unbranched alkanes of at least 4 members (excludes halogenated alkanes) is 3. The summed E-state index contributed by atoms with van der Waals surface area (Å²) in [5, 5.41) is 10.8. The van der Waals surface area contributed by atoms with Gasteiger partial charge in [0.15, 0.2) is 0 Å². The largest absolute Gasteiger partial charge is 0.448 e. The number of carbonyl (C=O) groups excluding carboxylic acids is 4. The van der Waals surface area contributed by atoms with E-state index >= 15 is 0 Å². The number of aromatic amines is 1. The van der Waals surface area contributed by atoms with Crippen molar-refractivity contribution in [2.45, 2.75) is 66.2 Å². The third-order valence-corrected chi connectivity index (χ3v) is 8.25. The molecule has 1 aliphatic carbocycles. The number of Topliss-reactive ketones (excluding diaryl/α,β-unsaturated/α-hetero) is 1. The van der Waals surface area contributed by atoms with E-state index in [1.54, 1.807) is 25.1 Å². The molecule has 1 heterocycles. The first-order valence-electron chi connectivity index (χ1n) is 17.7. The third-order valence-electron chi connectivity index (χ3n) is 8.25. The number of nitrogens with one attached hydrogen (secondary N) is 5. The summed E-state index contributed by atoms with van der Waals surface area (Å²) in [7, 11) is 0. The number of ether oxygens (including phenoxy) is 1. The summed E-state index contributed by atoms with van der Waals surface area (Å²) in [5.74, 6) is -0.338. The van der Waals surface area contributed by atoms with Crippen molar-refractivity contribution in [2.75, 3.05) is 43.0 Å². The Kier molecular flexibility index (Phi) is 14.7. The number of likely N-dealkylation sites (N-methyl/N-ethyl adjacent to an activating group) is 1. The Bertz CT molecular complexity index is 1870. The van der Waals surface area contributed by atoms with Crippen molar-refractivity contribution in [3.8, 4) is 0 Å². The van der Waals surface area contributed by atoms with Crippen molar-refractivity contribution >= 4 is 46.8 Å². The van der Waals surface area contributed by atoms with Crippen LogP contribution in [0.3, 0.4) is 0 Å². The van der Waals surface area contributed by atoms with E-state index in [1.165, 1.54) is 6.07 Å². The fourth-order valence-corrected chi connectivity index (χ4v) is 5.60. The van der Waals surface area contributed by atoms with Gasteiger partial charge in [-0.1, -0.05) is 44.0 Å². The Balaban J connectivity index is 1.19. The van der Waals surface area contributed by atoms with Crippen LogP contribution in [0.2, 0.25) is 0 Å². The zero-order chi connectivity index (χ0) is 37.5. The maximum Gasteiger partial charge on any atom is 0.407 e. The van der Waals surface area contributed by atoms with Crippen LogP contribution < -0.4 is 31.7 Å². The molecule has 3 aromatic rings. The van der Waals surface area contributed by atoms with Crippen molar-refractivity contribution in [1.29, 1.82) is 0 Å². The van der Waals surface area contributed by atoms with E-state index in [9.17, 15) is 24.0 Å². The molecule has 14 nitrogen and oxygen atoms in total. The Labute approximate surface area is 303 Å². The van der Waals surface area contributed by atoms with Gasteiger partial charge in [0, 0.05) is 54.6 Å². The standard InChI is InChI=1S/C38H48N8O6/c1-5-13-33(47)43-32-24-31(28-14-9-10-15-29(28)35(32)49)42-30-17-16-27(22-25(30)3)46(6-2)20-21-52-38(51)40-19-12-8-7-11-18-39-37(50)45-36-41-26(4)23-34(48)44-36/h9-10,14-17,22-24H,5-8,11-13,18-21H2,1-4H3,(H,40,51)(H,43,47)(H3,39,41,44,45,48,50)/b42-31+. The lowest BCUT2D eigenvalue weighted by molar-refractivity contribution is -0.120. The summed E-state index contributed by atoms with van der Waals surface area (Å²) in [6.45, 7) is 10.00. The van der Waals surface area contributed by atoms with Gasteiger partial charge in [0.05, 0.1) is 23.6 Å². The van der Waals surface area contributed by atoms with Gasteiger partial charge in [0.25, 0.3) is 5.56 Å². The molecule has 1 aliphatic rings.